The summed E-state index contributed by atoms with van der Waals surface area (Å²) in [7, 11) is 0. The fourth-order valence-corrected chi connectivity index (χ4v) is 1.47. The van der Waals surface area contributed by atoms with Crippen molar-refractivity contribution in [2.75, 3.05) is 13.2 Å². The van der Waals surface area contributed by atoms with Crippen LogP contribution in [-0.4, -0.2) is 13.2 Å². The van der Waals surface area contributed by atoms with Gasteiger partial charge in [-0.1, -0.05) is 43.4 Å². The number of rotatable bonds is 6. The van der Waals surface area contributed by atoms with E-state index in [0.717, 1.165) is 12.0 Å². The number of unbranched alkanes of at least 4 members (excludes halogenated alkanes) is 1. The summed E-state index contributed by atoms with van der Waals surface area (Å²) in [6.07, 6.45) is 5.37. The molecule has 0 aliphatic heterocycles. The molecule has 0 N–H and O–H groups in total. The maximum absolute atomic E-state index is 5.19. The van der Waals surface area contributed by atoms with E-state index in [9.17, 15) is 0 Å². The standard InChI is InChI=1S/C16H20O/c1-3-5-7-15-9-11-16(12-10-15)8-6-14-17-13-4-2/h4,9-12H,2-3,5,7,13-14H2,1H3. The van der Waals surface area contributed by atoms with Gasteiger partial charge in [-0.05, 0) is 30.5 Å². The van der Waals surface area contributed by atoms with Crippen molar-refractivity contribution in [2.24, 2.45) is 0 Å². The van der Waals surface area contributed by atoms with Gasteiger partial charge in [0.1, 0.15) is 6.61 Å². The van der Waals surface area contributed by atoms with Crippen LogP contribution >= 0.6 is 0 Å². The molecule has 1 aromatic rings. The summed E-state index contributed by atoms with van der Waals surface area (Å²) in [4.78, 5) is 0. The second-order valence-corrected chi connectivity index (χ2v) is 3.91. The van der Waals surface area contributed by atoms with Gasteiger partial charge in [-0.3, -0.25) is 0 Å². The van der Waals surface area contributed by atoms with Crippen LogP contribution in [0.15, 0.2) is 36.9 Å². The molecule has 1 aromatic carbocycles. The van der Waals surface area contributed by atoms with E-state index in [-0.39, 0.29) is 0 Å². The molecule has 1 heteroatoms. The molecule has 0 saturated carbocycles. The van der Waals surface area contributed by atoms with Gasteiger partial charge < -0.3 is 4.74 Å². The molecule has 0 heterocycles. The van der Waals surface area contributed by atoms with Crippen molar-refractivity contribution in [2.45, 2.75) is 26.2 Å². The first-order valence-electron chi connectivity index (χ1n) is 6.13. The highest BCUT2D eigenvalue weighted by molar-refractivity contribution is 5.36. The van der Waals surface area contributed by atoms with Crippen molar-refractivity contribution in [3.8, 4) is 11.8 Å². The van der Waals surface area contributed by atoms with Crippen molar-refractivity contribution in [3.05, 3.63) is 48.0 Å². The van der Waals surface area contributed by atoms with E-state index in [2.05, 4.69) is 49.6 Å². The highest BCUT2D eigenvalue weighted by Crippen LogP contribution is 2.06. The molecule has 0 aliphatic carbocycles. The zero-order chi connectivity index (χ0) is 12.3. The minimum absolute atomic E-state index is 0.462. The molecule has 90 valence electrons. The Balaban J connectivity index is 2.41. The van der Waals surface area contributed by atoms with Crippen LogP contribution in [0, 0.1) is 11.8 Å². The lowest BCUT2D eigenvalue weighted by atomic mass is 10.1. The first-order chi connectivity index (χ1) is 8.36. The Hall–Kier alpha value is -1.52. The van der Waals surface area contributed by atoms with Crippen molar-refractivity contribution in [1.82, 2.24) is 0 Å². The molecule has 0 unspecified atom stereocenters. The predicted octanol–water partition coefficient (Wildman–Crippen LogP) is 3.58. The van der Waals surface area contributed by atoms with Gasteiger partial charge in [0.2, 0.25) is 0 Å². The minimum Gasteiger partial charge on any atom is -0.365 e. The lowest BCUT2D eigenvalue weighted by Gasteiger charge is -1.99. The molecule has 0 radical (unpaired) electrons. The van der Waals surface area contributed by atoms with Crippen LogP contribution in [-0.2, 0) is 11.2 Å². The van der Waals surface area contributed by atoms with Crippen LogP contribution in [0.2, 0.25) is 0 Å². The fourth-order valence-electron chi connectivity index (χ4n) is 1.47. The van der Waals surface area contributed by atoms with Gasteiger partial charge in [0.15, 0.2) is 0 Å². The van der Waals surface area contributed by atoms with Crippen LogP contribution in [0.1, 0.15) is 30.9 Å². The molecule has 0 saturated heterocycles. The van der Waals surface area contributed by atoms with E-state index in [0.29, 0.717) is 13.2 Å². The largest absolute Gasteiger partial charge is 0.365 e. The second kappa shape index (κ2) is 8.61. The number of hydrogen-bond acceptors (Lipinski definition) is 1. The second-order valence-electron chi connectivity index (χ2n) is 3.91. The third-order valence-corrected chi connectivity index (χ3v) is 2.42. The van der Waals surface area contributed by atoms with Crippen LogP contribution in [0.3, 0.4) is 0 Å². The molecule has 1 rings (SSSR count). The zero-order valence-electron chi connectivity index (χ0n) is 10.5. The molecule has 0 aliphatic rings. The molecule has 1 nitrogen and oxygen atoms in total. The van der Waals surface area contributed by atoms with Crippen LogP contribution in [0.5, 0.6) is 0 Å². The van der Waals surface area contributed by atoms with Gasteiger partial charge in [0.25, 0.3) is 0 Å². The average Bonchev–Trinajstić information content (AvgIpc) is 2.37. The van der Waals surface area contributed by atoms with Gasteiger partial charge in [0, 0.05) is 5.56 Å². The van der Waals surface area contributed by atoms with Gasteiger partial charge in [-0.15, -0.1) is 6.58 Å². The molecule has 0 spiro atoms. The highest BCUT2D eigenvalue weighted by atomic mass is 16.5. The zero-order valence-corrected chi connectivity index (χ0v) is 10.5. The van der Waals surface area contributed by atoms with E-state index in [1.807, 2.05) is 0 Å². The summed E-state index contributed by atoms with van der Waals surface area (Å²) in [5.41, 5.74) is 2.44. The topological polar surface area (TPSA) is 9.23 Å². The molecular weight excluding hydrogens is 208 g/mol. The van der Waals surface area contributed by atoms with E-state index in [1.54, 1.807) is 6.08 Å². The third-order valence-electron chi connectivity index (χ3n) is 2.42. The van der Waals surface area contributed by atoms with E-state index < -0.39 is 0 Å². The monoisotopic (exact) mass is 228 g/mol. The lowest BCUT2D eigenvalue weighted by molar-refractivity contribution is 0.199. The summed E-state index contributed by atoms with van der Waals surface area (Å²) in [6.45, 7) is 6.81. The fraction of sp³-hybridized carbons (Fsp3) is 0.375. The maximum Gasteiger partial charge on any atom is 0.108 e. The Labute approximate surface area is 105 Å². The van der Waals surface area contributed by atoms with Crippen molar-refractivity contribution >= 4 is 0 Å². The Morgan fingerprint density at radius 3 is 2.71 bits per heavy atom. The van der Waals surface area contributed by atoms with Gasteiger partial charge >= 0.3 is 0 Å². The highest BCUT2D eigenvalue weighted by Gasteiger charge is 1.92. The molecular formula is C16H20O. The smallest absolute Gasteiger partial charge is 0.108 e. The van der Waals surface area contributed by atoms with Gasteiger partial charge in [0.05, 0.1) is 6.61 Å². The number of hydrogen-bond donors (Lipinski definition) is 0. The Bertz CT molecular complexity index is 378. The van der Waals surface area contributed by atoms with Crippen molar-refractivity contribution in [1.29, 1.82) is 0 Å². The predicted molar refractivity (Wildman–Crippen MR) is 72.9 cm³/mol. The summed E-state index contributed by atoms with van der Waals surface area (Å²) >= 11 is 0. The molecule has 0 atom stereocenters. The molecule has 0 amide bonds. The quantitative estimate of drug-likeness (QED) is 0.411. The Kier molecular flexibility index (Phi) is 6.86. The van der Waals surface area contributed by atoms with E-state index >= 15 is 0 Å². The Morgan fingerprint density at radius 2 is 2.06 bits per heavy atom. The first-order valence-corrected chi connectivity index (χ1v) is 6.13. The lowest BCUT2D eigenvalue weighted by Crippen LogP contribution is -1.90. The summed E-state index contributed by atoms with van der Waals surface area (Å²) < 4.78 is 5.19. The summed E-state index contributed by atoms with van der Waals surface area (Å²) in [5, 5.41) is 0. The third kappa shape index (κ3) is 5.94. The maximum atomic E-state index is 5.19. The van der Waals surface area contributed by atoms with Crippen molar-refractivity contribution < 1.29 is 4.74 Å². The number of benzene rings is 1. The molecule has 17 heavy (non-hydrogen) atoms. The average molecular weight is 228 g/mol. The first kappa shape index (κ1) is 13.5. The SMILES string of the molecule is C=CCOCC#Cc1ccc(CCCC)cc1. The molecule has 0 bridgehead atoms. The van der Waals surface area contributed by atoms with Crippen LogP contribution in [0.4, 0.5) is 0 Å². The minimum atomic E-state index is 0.462. The number of ether oxygens (including phenoxy) is 1. The molecule has 0 aromatic heterocycles. The molecule has 0 fully saturated rings. The van der Waals surface area contributed by atoms with Gasteiger partial charge in [-0.2, -0.15) is 0 Å². The van der Waals surface area contributed by atoms with E-state index in [1.165, 1.54) is 18.4 Å². The number of aryl methyl sites for hydroxylation is 1. The summed E-state index contributed by atoms with van der Waals surface area (Å²) in [6, 6.07) is 8.46. The van der Waals surface area contributed by atoms with Gasteiger partial charge in [-0.25, -0.2) is 0 Å². The van der Waals surface area contributed by atoms with E-state index in [4.69, 9.17) is 4.74 Å². The normalized spacial score (nSPS) is 9.47. The van der Waals surface area contributed by atoms with Crippen molar-refractivity contribution in [3.63, 3.8) is 0 Å². The summed E-state index contributed by atoms with van der Waals surface area (Å²) in [5.74, 6) is 6.06. The Morgan fingerprint density at radius 1 is 1.29 bits per heavy atom. The van der Waals surface area contributed by atoms with Crippen LogP contribution < -0.4 is 0 Å². The van der Waals surface area contributed by atoms with Crippen LogP contribution in [0.25, 0.3) is 0 Å².